The fourth-order valence-electron chi connectivity index (χ4n) is 7.07. The average Bonchev–Trinajstić information content (AvgIpc) is 3.34. The SMILES string of the molecule is CC1(C)OB(c2ccc3c(c2)C2(c4ccccc4-c4ccccc42)c2cccc4cccc-3c24)OC1(C)C. The van der Waals surface area contributed by atoms with E-state index in [1.165, 1.54) is 55.3 Å². The maximum atomic E-state index is 6.54. The van der Waals surface area contributed by atoms with E-state index < -0.39 is 23.7 Å². The number of hydrogen-bond acceptors (Lipinski definition) is 2. The Morgan fingerprint density at radius 2 is 1.03 bits per heavy atom. The molecule has 184 valence electrons. The lowest BCUT2D eigenvalue weighted by molar-refractivity contribution is 0.00578. The predicted octanol–water partition coefficient (Wildman–Crippen LogP) is 7.48. The topological polar surface area (TPSA) is 18.5 Å². The van der Waals surface area contributed by atoms with Crippen LogP contribution < -0.4 is 5.46 Å². The molecule has 0 radical (unpaired) electrons. The molecule has 1 heterocycles. The van der Waals surface area contributed by atoms with Gasteiger partial charge < -0.3 is 9.31 Å². The first kappa shape index (κ1) is 22.3. The number of fused-ring (bicyclic) bond motifs is 9. The Balaban J connectivity index is 1.50. The standard InChI is InChI=1S/C35H29BO2/c1-33(2)34(3,4)38-36(37-33)23-19-20-26-27-15-9-11-22-12-10-18-30(32(22)27)35(31(26)21-23)28-16-7-5-13-24(28)25-14-6-8-17-29(25)35/h5-21H,1-4H3. The summed E-state index contributed by atoms with van der Waals surface area (Å²) >= 11 is 0. The van der Waals surface area contributed by atoms with Gasteiger partial charge in [0.25, 0.3) is 0 Å². The Bertz CT molecular complexity index is 1730. The number of benzene rings is 5. The predicted molar refractivity (Wildman–Crippen MR) is 156 cm³/mol. The molecule has 5 aromatic carbocycles. The quantitative estimate of drug-likeness (QED) is 0.221. The molecule has 2 nitrogen and oxygen atoms in total. The van der Waals surface area contributed by atoms with Crippen molar-refractivity contribution in [2.24, 2.45) is 0 Å². The van der Waals surface area contributed by atoms with Gasteiger partial charge in [0.1, 0.15) is 0 Å². The van der Waals surface area contributed by atoms with E-state index in [-0.39, 0.29) is 0 Å². The molecule has 8 rings (SSSR count). The summed E-state index contributed by atoms with van der Waals surface area (Å²) in [5.74, 6) is 0. The van der Waals surface area contributed by atoms with E-state index in [1.54, 1.807) is 0 Å². The minimum atomic E-state index is -0.421. The minimum Gasteiger partial charge on any atom is -0.399 e. The molecule has 0 bridgehead atoms. The monoisotopic (exact) mass is 492 g/mol. The fraction of sp³-hybridized carbons (Fsp3) is 0.200. The van der Waals surface area contributed by atoms with Crippen LogP contribution in [-0.2, 0) is 14.7 Å². The van der Waals surface area contributed by atoms with Gasteiger partial charge in [0, 0.05) is 0 Å². The highest BCUT2D eigenvalue weighted by molar-refractivity contribution is 6.62. The van der Waals surface area contributed by atoms with Crippen molar-refractivity contribution in [3.63, 3.8) is 0 Å². The van der Waals surface area contributed by atoms with Crippen LogP contribution in [-0.4, -0.2) is 18.3 Å². The Morgan fingerprint density at radius 3 is 1.68 bits per heavy atom. The van der Waals surface area contributed by atoms with Crippen LogP contribution in [0.2, 0.25) is 0 Å². The van der Waals surface area contributed by atoms with E-state index >= 15 is 0 Å². The average molecular weight is 492 g/mol. The summed E-state index contributed by atoms with van der Waals surface area (Å²) in [5.41, 5.74) is 10.4. The Labute approximate surface area is 224 Å². The fourth-order valence-corrected chi connectivity index (χ4v) is 7.07. The first-order valence-electron chi connectivity index (χ1n) is 13.5. The lowest BCUT2D eigenvalue weighted by atomic mass is 9.60. The molecule has 5 aromatic rings. The van der Waals surface area contributed by atoms with Gasteiger partial charge >= 0.3 is 7.12 Å². The second-order valence-corrected chi connectivity index (χ2v) is 11.9. The molecule has 0 unspecified atom stereocenters. The molecule has 1 fully saturated rings. The number of rotatable bonds is 1. The second kappa shape index (κ2) is 7.25. The van der Waals surface area contributed by atoms with Crippen LogP contribution in [0, 0.1) is 0 Å². The first-order valence-corrected chi connectivity index (χ1v) is 13.5. The largest absolute Gasteiger partial charge is 0.494 e. The maximum absolute atomic E-state index is 6.54. The van der Waals surface area contributed by atoms with Crippen LogP contribution in [0.15, 0.2) is 103 Å². The molecule has 2 aliphatic carbocycles. The van der Waals surface area contributed by atoms with Gasteiger partial charge in [0.05, 0.1) is 16.6 Å². The summed E-state index contributed by atoms with van der Waals surface area (Å²) < 4.78 is 13.1. The minimum absolute atomic E-state index is 0.393. The van der Waals surface area contributed by atoms with Gasteiger partial charge in [-0.2, -0.15) is 0 Å². The summed E-state index contributed by atoms with van der Waals surface area (Å²) in [7, 11) is -0.415. The Hall–Kier alpha value is -3.66. The third-order valence-electron chi connectivity index (χ3n) is 9.52. The highest BCUT2D eigenvalue weighted by Crippen LogP contribution is 2.61. The van der Waals surface area contributed by atoms with Crippen molar-refractivity contribution in [2.75, 3.05) is 0 Å². The van der Waals surface area contributed by atoms with Crippen LogP contribution in [0.25, 0.3) is 33.0 Å². The molecule has 1 aliphatic heterocycles. The second-order valence-electron chi connectivity index (χ2n) is 11.9. The van der Waals surface area contributed by atoms with Gasteiger partial charge in [-0.15, -0.1) is 0 Å². The van der Waals surface area contributed by atoms with Gasteiger partial charge in [0.2, 0.25) is 0 Å². The lowest BCUT2D eigenvalue weighted by Gasteiger charge is -2.40. The first-order chi connectivity index (χ1) is 18.3. The van der Waals surface area contributed by atoms with E-state index in [1.807, 2.05) is 0 Å². The molecule has 0 saturated carbocycles. The van der Waals surface area contributed by atoms with Gasteiger partial charge in [-0.3, -0.25) is 0 Å². The zero-order valence-electron chi connectivity index (χ0n) is 22.2. The maximum Gasteiger partial charge on any atom is 0.494 e. The van der Waals surface area contributed by atoms with E-state index in [4.69, 9.17) is 9.31 Å². The van der Waals surface area contributed by atoms with Crippen molar-refractivity contribution in [1.82, 2.24) is 0 Å². The summed E-state index contributed by atoms with van der Waals surface area (Å²) in [4.78, 5) is 0. The van der Waals surface area contributed by atoms with Gasteiger partial charge in [-0.25, -0.2) is 0 Å². The van der Waals surface area contributed by atoms with E-state index in [0.717, 1.165) is 5.46 Å². The normalized spacial score (nSPS) is 18.9. The van der Waals surface area contributed by atoms with Gasteiger partial charge in [-0.05, 0) is 88.4 Å². The summed E-state index contributed by atoms with van der Waals surface area (Å²) in [6.07, 6.45) is 0. The van der Waals surface area contributed by atoms with Crippen LogP contribution in [0.5, 0.6) is 0 Å². The van der Waals surface area contributed by atoms with Crippen LogP contribution in [0.1, 0.15) is 49.9 Å². The van der Waals surface area contributed by atoms with Gasteiger partial charge in [-0.1, -0.05) is 103 Å². The third-order valence-corrected chi connectivity index (χ3v) is 9.52. The molecular formula is C35H29BO2. The third kappa shape index (κ3) is 2.61. The lowest BCUT2D eigenvalue weighted by Crippen LogP contribution is -2.41. The van der Waals surface area contributed by atoms with Gasteiger partial charge in [0.15, 0.2) is 0 Å². The smallest absolute Gasteiger partial charge is 0.399 e. The molecule has 1 saturated heterocycles. The molecular weight excluding hydrogens is 463 g/mol. The highest BCUT2D eigenvalue weighted by Gasteiger charge is 2.53. The molecule has 3 heteroatoms. The molecule has 0 aromatic heterocycles. The Kier molecular flexibility index (Phi) is 4.26. The van der Waals surface area contributed by atoms with Crippen molar-refractivity contribution in [2.45, 2.75) is 44.3 Å². The zero-order valence-corrected chi connectivity index (χ0v) is 22.2. The van der Waals surface area contributed by atoms with E-state index in [0.29, 0.717) is 0 Å². The summed E-state index contributed by atoms with van der Waals surface area (Å²) in [5, 5.41) is 2.62. The molecule has 38 heavy (non-hydrogen) atoms. The summed E-state index contributed by atoms with van der Waals surface area (Å²) in [6.45, 7) is 8.47. The molecule has 1 spiro atoms. The van der Waals surface area contributed by atoms with Crippen molar-refractivity contribution >= 4 is 23.4 Å². The Morgan fingerprint density at radius 1 is 0.500 bits per heavy atom. The number of hydrogen-bond donors (Lipinski definition) is 0. The zero-order chi connectivity index (χ0) is 25.9. The van der Waals surface area contributed by atoms with E-state index in [9.17, 15) is 0 Å². The van der Waals surface area contributed by atoms with Crippen LogP contribution in [0.4, 0.5) is 0 Å². The van der Waals surface area contributed by atoms with Crippen molar-refractivity contribution in [3.8, 4) is 22.3 Å². The van der Waals surface area contributed by atoms with Crippen molar-refractivity contribution < 1.29 is 9.31 Å². The van der Waals surface area contributed by atoms with Crippen molar-refractivity contribution in [3.05, 3.63) is 125 Å². The molecule has 3 aliphatic rings. The van der Waals surface area contributed by atoms with Crippen molar-refractivity contribution in [1.29, 1.82) is 0 Å². The summed E-state index contributed by atoms with van der Waals surface area (Å²) in [6, 6.07) is 38.3. The molecule has 0 amide bonds. The molecule has 0 N–H and O–H groups in total. The van der Waals surface area contributed by atoms with Crippen LogP contribution in [0.3, 0.4) is 0 Å². The van der Waals surface area contributed by atoms with E-state index in [2.05, 4.69) is 131 Å². The molecule has 0 atom stereocenters. The highest BCUT2D eigenvalue weighted by atomic mass is 16.7. The van der Waals surface area contributed by atoms with Crippen LogP contribution >= 0.6 is 0 Å².